The standard InChI is InChI=1S/2C15H31.Cd/c2*1-3-5-7-9-11-13-15-14-12-10-8-6-4-2;/h2*1,3-15H2,2H3;/q2*-1;+2. The van der Waals surface area contributed by atoms with Crippen molar-refractivity contribution < 1.29 is 27.3 Å². The van der Waals surface area contributed by atoms with Crippen LogP contribution in [0.1, 0.15) is 181 Å². The molecule has 31 heavy (non-hydrogen) atoms. The van der Waals surface area contributed by atoms with Crippen molar-refractivity contribution in [1.82, 2.24) is 0 Å². The van der Waals surface area contributed by atoms with Gasteiger partial charge in [-0.1, -0.05) is 168 Å². The fourth-order valence-corrected chi connectivity index (χ4v) is 4.04. The molecule has 0 rings (SSSR count). The maximum Gasteiger partial charge on any atom is 2.00 e. The molecule has 0 aromatic carbocycles. The van der Waals surface area contributed by atoms with Crippen LogP contribution in [-0.4, -0.2) is 0 Å². The molecular formula is C30H62Cd. The van der Waals surface area contributed by atoms with Gasteiger partial charge in [0.25, 0.3) is 0 Å². The quantitative estimate of drug-likeness (QED) is 0.0655. The van der Waals surface area contributed by atoms with Crippen LogP contribution in [0.15, 0.2) is 0 Å². The van der Waals surface area contributed by atoms with Crippen LogP contribution in [0, 0.1) is 13.8 Å². The van der Waals surface area contributed by atoms with Gasteiger partial charge in [0.1, 0.15) is 0 Å². The van der Waals surface area contributed by atoms with Crippen LogP contribution in [0.3, 0.4) is 0 Å². The Hall–Kier alpha value is 0.922. The zero-order valence-electron chi connectivity index (χ0n) is 22.5. The smallest absolute Gasteiger partial charge is 0.343 e. The molecular weight excluding hydrogens is 473 g/mol. The van der Waals surface area contributed by atoms with E-state index < -0.39 is 0 Å². The van der Waals surface area contributed by atoms with E-state index in [-0.39, 0.29) is 27.3 Å². The third-order valence-electron chi connectivity index (χ3n) is 6.21. The number of unbranched alkanes of at least 4 members (excludes halogenated alkanes) is 24. The van der Waals surface area contributed by atoms with Crippen LogP contribution < -0.4 is 0 Å². The van der Waals surface area contributed by atoms with Gasteiger partial charge in [0.15, 0.2) is 0 Å². The summed E-state index contributed by atoms with van der Waals surface area (Å²) in [5.41, 5.74) is 0. The third-order valence-corrected chi connectivity index (χ3v) is 6.21. The van der Waals surface area contributed by atoms with Crippen molar-refractivity contribution in [2.24, 2.45) is 0 Å². The van der Waals surface area contributed by atoms with E-state index in [1.807, 2.05) is 0 Å². The van der Waals surface area contributed by atoms with Crippen LogP contribution in [0.2, 0.25) is 0 Å². The fraction of sp³-hybridized carbons (Fsp3) is 0.933. The van der Waals surface area contributed by atoms with Crippen molar-refractivity contribution in [3.63, 3.8) is 0 Å². The maximum absolute atomic E-state index is 3.87. The first-order valence-electron chi connectivity index (χ1n) is 14.4. The van der Waals surface area contributed by atoms with Crippen molar-refractivity contribution in [1.29, 1.82) is 0 Å². The van der Waals surface area contributed by atoms with Gasteiger partial charge < -0.3 is 13.8 Å². The Balaban J connectivity index is -0.000000490. The summed E-state index contributed by atoms with van der Waals surface area (Å²) in [6.07, 6.45) is 36.7. The molecule has 0 aliphatic heterocycles. The van der Waals surface area contributed by atoms with Gasteiger partial charge in [0.2, 0.25) is 0 Å². The summed E-state index contributed by atoms with van der Waals surface area (Å²) >= 11 is 0. The molecule has 0 radical (unpaired) electrons. The Morgan fingerprint density at radius 1 is 0.290 bits per heavy atom. The van der Waals surface area contributed by atoms with Gasteiger partial charge in [-0.25, -0.2) is 0 Å². The molecule has 0 saturated carbocycles. The minimum absolute atomic E-state index is 0. The Morgan fingerprint density at radius 3 is 0.613 bits per heavy atom. The number of rotatable bonds is 24. The molecule has 0 aromatic rings. The molecule has 0 aliphatic rings. The summed E-state index contributed by atoms with van der Waals surface area (Å²) in [6.45, 7) is 12.3. The van der Waals surface area contributed by atoms with Crippen LogP contribution >= 0.6 is 0 Å². The van der Waals surface area contributed by atoms with Gasteiger partial charge in [0, 0.05) is 0 Å². The first-order chi connectivity index (χ1) is 14.8. The first kappa shape index (κ1) is 36.5. The number of hydrogen-bond acceptors (Lipinski definition) is 0. The maximum atomic E-state index is 3.87. The molecule has 0 atom stereocenters. The second-order valence-electron chi connectivity index (χ2n) is 9.49. The summed E-state index contributed by atoms with van der Waals surface area (Å²) in [6, 6.07) is 0. The Labute approximate surface area is 221 Å². The first-order valence-corrected chi connectivity index (χ1v) is 14.4. The molecule has 0 heterocycles. The van der Waals surface area contributed by atoms with Crippen molar-refractivity contribution in [2.45, 2.75) is 181 Å². The van der Waals surface area contributed by atoms with Gasteiger partial charge in [-0.3, -0.25) is 0 Å². The summed E-state index contributed by atoms with van der Waals surface area (Å²) in [5, 5.41) is 0. The molecule has 0 N–H and O–H groups in total. The molecule has 0 bridgehead atoms. The van der Waals surface area contributed by atoms with Crippen LogP contribution in [0.4, 0.5) is 0 Å². The normalized spacial score (nSPS) is 10.5. The molecule has 0 aromatic heterocycles. The molecule has 1 heteroatoms. The van der Waals surface area contributed by atoms with Crippen LogP contribution in [0.5, 0.6) is 0 Å². The Kier molecular flexibility index (Phi) is 45.0. The van der Waals surface area contributed by atoms with Gasteiger partial charge in [-0.15, -0.1) is 0 Å². The van der Waals surface area contributed by atoms with E-state index in [9.17, 15) is 0 Å². The van der Waals surface area contributed by atoms with Crippen molar-refractivity contribution >= 4 is 0 Å². The summed E-state index contributed by atoms with van der Waals surface area (Å²) in [4.78, 5) is 0. The van der Waals surface area contributed by atoms with E-state index in [4.69, 9.17) is 0 Å². The minimum atomic E-state index is 0. The molecule has 0 amide bonds. The predicted molar refractivity (Wildman–Crippen MR) is 142 cm³/mol. The zero-order valence-corrected chi connectivity index (χ0v) is 26.5. The van der Waals surface area contributed by atoms with Crippen molar-refractivity contribution in [2.75, 3.05) is 0 Å². The summed E-state index contributed by atoms with van der Waals surface area (Å²) < 4.78 is 0. The van der Waals surface area contributed by atoms with Crippen molar-refractivity contribution in [3.8, 4) is 0 Å². The number of hydrogen-bond donors (Lipinski definition) is 0. The Bertz CT molecular complexity index is 201. The topological polar surface area (TPSA) is 0 Å². The van der Waals surface area contributed by atoms with E-state index in [0.717, 1.165) is 12.8 Å². The predicted octanol–water partition coefficient (Wildman–Crippen LogP) is 11.8. The zero-order chi connectivity index (χ0) is 22.4. The largest absolute Gasteiger partial charge is 2.00 e. The Morgan fingerprint density at radius 2 is 0.452 bits per heavy atom. The molecule has 0 saturated heterocycles. The van der Waals surface area contributed by atoms with Crippen molar-refractivity contribution in [3.05, 3.63) is 13.8 Å². The van der Waals surface area contributed by atoms with E-state index in [1.165, 1.54) is 154 Å². The summed E-state index contributed by atoms with van der Waals surface area (Å²) in [7, 11) is 0. The molecule has 0 aliphatic carbocycles. The summed E-state index contributed by atoms with van der Waals surface area (Å²) in [5.74, 6) is 0. The van der Waals surface area contributed by atoms with Gasteiger partial charge in [-0.05, 0) is 0 Å². The van der Waals surface area contributed by atoms with E-state index in [1.54, 1.807) is 0 Å². The van der Waals surface area contributed by atoms with Crippen LogP contribution in [-0.2, 0) is 27.3 Å². The molecule has 0 spiro atoms. The SMILES string of the molecule is [CH2-]CCCCCCCCCCCCCC.[CH2-]CCCCCCCCCCCCCC.[Cd+2]. The van der Waals surface area contributed by atoms with E-state index in [0.29, 0.717) is 0 Å². The monoisotopic (exact) mass is 536 g/mol. The second-order valence-corrected chi connectivity index (χ2v) is 9.49. The fourth-order valence-electron chi connectivity index (χ4n) is 4.04. The van der Waals surface area contributed by atoms with Crippen LogP contribution in [0.25, 0.3) is 0 Å². The average Bonchev–Trinajstić information content (AvgIpc) is 2.76. The second kappa shape index (κ2) is 38.2. The minimum Gasteiger partial charge on any atom is -0.343 e. The average molecular weight is 535 g/mol. The van der Waals surface area contributed by atoms with Gasteiger partial charge in [0.05, 0.1) is 0 Å². The van der Waals surface area contributed by atoms with E-state index in [2.05, 4.69) is 27.7 Å². The van der Waals surface area contributed by atoms with Gasteiger partial charge in [-0.2, -0.15) is 12.8 Å². The molecule has 0 nitrogen and oxygen atoms in total. The van der Waals surface area contributed by atoms with E-state index >= 15 is 0 Å². The third kappa shape index (κ3) is 41.6. The molecule has 184 valence electrons. The van der Waals surface area contributed by atoms with Gasteiger partial charge >= 0.3 is 27.3 Å². The molecule has 0 unspecified atom stereocenters. The molecule has 0 fully saturated rings.